The molecule has 1 aromatic heterocycles. The summed E-state index contributed by atoms with van der Waals surface area (Å²) in [4.78, 5) is 27.3. The first kappa shape index (κ1) is 19.5. The first-order chi connectivity index (χ1) is 12.7. The Bertz CT molecular complexity index is 955. The molecule has 0 radical (unpaired) electrons. The van der Waals surface area contributed by atoms with Gasteiger partial charge in [-0.1, -0.05) is 12.8 Å². The van der Waals surface area contributed by atoms with Crippen LogP contribution in [0.5, 0.6) is 0 Å². The molecule has 0 unspecified atom stereocenters. The van der Waals surface area contributed by atoms with E-state index in [1.165, 1.54) is 0 Å². The van der Waals surface area contributed by atoms with Gasteiger partial charge in [-0.2, -0.15) is 10.4 Å². The number of rotatable bonds is 4. The summed E-state index contributed by atoms with van der Waals surface area (Å²) >= 11 is 0. The van der Waals surface area contributed by atoms with Gasteiger partial charge in [-0.25, -0.2) is 13.1 Å². The highest BCUT2D eigenvalue weighted by atomic mass is 32.2. The van der Waals surface area contributed by atoms with E-state index in [4.69, 9.17) is 0 Å². The fraction of sp³-hybridized carbons (Fsp3) is 0.667. The lowest BCUT2D eigenvalue weighted by Gasteiger charge is -2.34. The van der Waals surface area contributed by atoms with E-state index in [2.05, 4.69) is 5.10 Å². The zero-order chi connectivity index (χ0) is 19.8. The topological polar surface area (TPSA) is 113 Å². The van der Waals surface area contributed by atoms with Crippen molar-refractivity contribution in [2.75, 3.05) is 11.5 Å². The summed E-state index contributed by atoms with van der Waals surface area (Å²) in [7, 11) is -3.13. The summed E-state index contributed by atoms with van der Waals surface area (Å²) in [6.45, 7) is 3.07. The highest BCUT2D eigenvalue weighted by molar-refractivity contribution is 7.91. The van der Waals surface area contributed by atoms with E-state index < -0.39 is 15.4 Å². The summed E-state index contributed by atoms with van der Waals surface area (Å²) in [5.74, 6) is -0.228. The largest absolute Gasteiger partial charge is 0.334 e. The van der Waals surface area contributed by atoms with Crippen molar-refractivity contribution in [3.63, 3.8) is 0 Å². The predicted octanol–water partition coefficient (Wildman–Crippen LogP) is 0.690. The molecule has 1 atom stereocenters. The van der Waals surface area contributed by atoms with Crippen LogP contribution in [0.15, 0.2) is 4.79 Å². The number of nitriles is 1. The first-order valence-corrected chi connectivity index (χ1v) is 11.1. The molecule has 146 valence electrons. The molecule has 1 saturated carbocycles. The Labute approximate surface area is 158 Å². The molecule has 9 heteroatoms. The first-order valence-electron chi connectivity index (χ1n) is 9.23. The minimum absolute atomic E-state index is 0.00786. The molecule has 0 aromatic carbocycles. The lowest BCUT2D eigenvalue weighted by Crippen LogP contribution is -2.49. The van der Waals surface area contributed by atoms with Gasteiger partial charge in [0.1, 0.15) is 18.2 Å². The van der Waals surface area contributed by atoms with Crippen LogP contribution in [0.2, 0.25) is 0 Å². The van der Waals surface area contributed by atoms with Crippen LogP contribution in [0.25, 0.3) is 0 Å². The predicted molar refractivity (Wildman–Crippen MR) is 98.8 cm³/mol. The molecule has 0 bridgehead atoms. The third kappa shape index (κ3) is 3.90. The van der Waals surface area contributed by atoms with Gasteiger partial charge in [-0.05, 0) is 38.7 Å². The highest BCUT2D eigenvalue weighted by Gasteiger charge is 2.39. The minimum atomic E-state index is -3.13. The number of carbonyl (C=O) groups is 1. The third-order valence-electron chi connectivity index (χ3n) is 5.64. The van der Waals surface area contributed by atoms with Gasteiger partial charge >= 0.3 is 0 Å². The van der Waals surface area contributed by atoms with Gasteiger partial charge in [-0.15, -0.1) is 0 Å². The smallest absolute Gasteiger partial charge is 0.285 e. The third-order valence-corrected chi connectivity index (χ3v) is 7.39. The molecule has 2 fully saturated rings. The molecular formula is C18H24N4O4S. The van der Waals surface area contributed by atoms with Crippen molar-refractivity contribution in [1.29, 1.82) is 5.26 Å². The molecule has 0 spiro atoms. The highest BCUT2D eigenvalue weighted by Crippen LogP contribution is 2.29. The number of aryl methyl sites for hydroxylation is 1. The second-order valence-corrected chi connectivity index (χ2v) is 9.68. The molecule has 1 saturated heterocycles. The molecule has 1 aromatic rings. The zero-order valence-corrected chi connectivity index (χ0v) is 16.5. The van der Waals surface area contributed by atoms with E-state index in [-0.39, 0.29) is 41.6 Å². The summed E-state index contributed by atoms with van der Waals surface area (Å²) in [6, 6.07) is 1.55. The Morgan fingerprint density at radius 3 is 2.48 bits per heavy atom. The van der Waals surface area contributed by atoms with E-state index in [1.54, 1.807) is 18.7 Å². The molecule has 3 rings (SSSR count). The molecule has 8 nitrogen and oxygen atoms in total. The number of hydrogen-bond donors (Lipinski definition) is 0. The Morgan fingerprint density at radius 1 is 1.26 bits per heavy atom. The van der Waals surface area contributed by atoms with Crippen LogP contribution >= 0.6 is 0 Å². The maximum atomic E-state index is 13.1. The van der Waals surface area contributed by atoms with Gasteiger partial charge in [0, 0.05) is 12.1 Å². The number of hydrogen-bond acceptors (Lipinski definition) is 6. The van der Waals surface area contributed by atoms with Crippen LogP contribution in [0, 0.1) is 25.2 Å². The molecule has 1 aliphatic carbocycles. The van der Waals surface area contributed by atoms with Crippen molar-refractivity contribution in [2.45, 2.75) is 64.6 Å². The molecule has 1 aliphatic heterocycles. The van der Waals surface area contributed by atoms with Gasteiger partial charge in [0.25, 0.3) is 5.56 Å². The van der Waals surface area contributed by atoms with E-state index >= 15 is 0 Å². The number of amides is 1. The van der Waals surface area contributed by atoms with Crippen molar-refractivity contribution in [2.24, 2.45) is 0 Å². The van der Waals surface area contributed by atoms with E-state index in [9.17, 15) is 23.3 Å². The lowest BCUT2D eigenvalue weighted by atomic mass is 10.1. The van der Waals surface area contributed by atoms with Crippen LogP contribution in [0.4, 0.5) is 0 Å². The quantitative estimate of drug-likeness (QED) is 0.745. The standard InChI is InChI=1S/C18H24N4O4S/c1-12-13(2)20-21(18(24)16(12)9-19)10-17(23)22(14-5-3-4-6-14)15-7-8-27(25,26)11-15/h14-15H,3-8,10-11H2,1-2H3/t15-/m1/s1. The van der Waals surface area contributed by atoms with Crippen molar-refractivity contribution in [1.82, 2.24) is 14.7 Å². The van der Waals surface area contributed by atoms with E-state index in [0.717, 1.165) is 30.4 Å². The second kappa shape index (κ2) is 7.43. The molecule has 27 heavy (non-hydrogen) atoms. The Balaban J connectivity index is 1.91. The van der Waals surface area contributed by atoms with Crippen molar-refractivity contribution in [3.05, 3.63) is 27.2 Å². The molecule has 2 heterocycles. The van der Waals surface area contributed by atoms with Gasteiger partial charge < -0.3 is 4.90 Å². The van der Waals surface area contributed by atoms with Gasteiger partial charge in [0.2, 0.25) is 5.91 Å². The second-order valence-electron chi connectivity index (χ2n) is 7.46. The average Bonchev–Trinajstić information content (AvgIpc) is 3.23. The lowest BCUT2D eigenvalue weighted by molar-refractivity contribution is -0.136. The summed E-state index contributed by atoms with van der Waals surface area (Å²) in [5, 5.41) is 13.4. The van der Waals surface area contributed by atoms with Gasteiger partial charge in [-0.3, -0.25) is 9.59 Å². The fourth-order valence-corrected chi connectivity index (χ4v) is 5.81. The van der Waals surface area contributed by atoms with Crippen LogP contribution < -0.4 is 5.56 Å². The zero-order valence-electron chi connectivity index (χ0n) is 15.6. The average molecular weight is 392 g/mol. The van der Waals surface area contributed by atoms with Crippen LogP contribution in [0.3, 0.4) is 0 Å². The van der Waals surface area contributed by atoms with Gasteiger partial charge in [0.05, 0.1) is 17.2 Å². The summed E-state index contributed by atoms with van der Waals surface area (Å²) in [6.07, 6.45) is 4.15. The van der Waals surface area contributed by atoms with Crippen LogP contribution in [-0.4, -0.2) is 52.6 Å². The van der Waals surface area contributed by atoms with E-state index in [0.29, 0.717) is 17.7 Å². The molecule has 1 amide bonds. The summed E-state index contributed by atoms with van der Waals surface area (Å²) in [5.41, 5.74) is 0.445. The Kier molecular flexibility index (Phi) is 5.38. The summed E-state index contributed by atoms with van der Waals surface area (Å²) < 4.78 is 24.9. The number of sulfone groups is 1. The van der Waals surface area contributed by atoms with E-state index in [1.807, 2.05) is 6.07 Å². The molecule has 0 N–H and O–H groups in total. The van der Waals surface area contributed by atoms with Crippen molar-refractivity contribution in [3.8, 4) is 6.07 Å². The number of carbonyl (C=O) groups excluding carboxylic acids is 1. The Hall–Kier alpha value is -2.21. The maximum Gasteiger partial charge on any atom is 0.285 e. The van der Waals surface area contributed by atoms with Crippen LogP contribution in [0.1, 0.15) is 48.9 Å². The maximum absolute atomic E-state index is 13.1. The molecule has 2 aliphatic rings. The van der Waals surface area contributed by atoms with Crippen LogP contribution in [-0.2, 0) is 21.2 Å². The normalized spacial score (nSPS) is 21.9. The SMILES string of the molecule is Cc1nn(CC(=O)N(C2CCCC2)[C@@H]2CCS(=O)(=O)C2)c(=O)c(C#N)c1C. The van der Waals surface area contributed by atoms with Gasteiger partial charge in [0.15, 0.2) is 9.84 Å². The molecular weight excluding hydrogens is 368 g/mol. The number of aromatic nitrogens is 2. The van der Waals surface area contributed by atoms with Crippen molar-refractivity contribution < 1.29 is 13.2 Å². The van der Waals surface area contributed by atoms with Crippen molar-refractivity contribution >= 4 is 15.7 Å². The monoisotopic (exact) mass is 392 g/mol. The Morgan fingerprint density at radius 2 is 1.93 bits per heavy atom. The fourth-order valence-electron chi connectivity index (χ4n) is 4.10. The number of nitrogens with zero attached hydrogens (tertiary/aromatic N) is 4. The minimum Gasteiger partial charge on any atom is -0.334 e.